The SMILES string of the molecule is COC(=O)c1ccc(Cl)cc1S(=O)(=O)N[C@H](CC(C)C)C(=O)O. The van der Waals surface area contributed by atoms with Crippen LogP contribution in [-0.4, -0.2) is 38.6 Å². The smallest absolute Gasteiger partial charge is 0.339 e. The molecule has 0 fully saturated rings. The van der Waals surface area contributed by atoms with E-state index in [0.717, 1.165) is 13.2 Å². The van der Waals surface area contributed by atoms with Crippen LogP contribution < -0.4 is 4.72 Å². The number of aliphatic carboxylic acids is 1. The van der Waals surface area contributed by atoms with Crippen molar-refractivity contribution in [3.05, 3.63) is 28.8 Å². The highest BCUT2D eigenvalue weighted by atomic mass is 35.5. The molecule has 0 aromatic heterocycles. The van der Waals surface area contributed by atoms with E-state index in [4.69, 9.17) is 16.7 Å². The number of esters is 1. The van der Waals surface area contributed by atoms with Crippen molar-refractivity contribution in [2.24, 2.45) is 5.92 Å². The molecular formula is C14H18ClNO6S. The standard InChI is InChI=1S/C14H18ClNO6S/c1-8(2)6-11(13(17)18)16-23(20,21)12-7-9(15)4-5-10(12)14(19)22-3/h4-5,7-8,11,16H,6H2,1-3H3,(H,17,18)/t11-/m1/s1. The van der Waals surface area contributed by atoms with Gasteiger partial charge in [-0.15, -0.1) is 0 Å². The number of hydrogen-bond donors (Lipinski definition) is 2. The summed E-state index contributed by atoms with van der Waals surface area (Å²) in [5.41, 5.74) is -0.224. The topological polar surface area (TPSA) is 110 Å². The number of benzene rings is 1. The molecule has 9 heteroatoms. The fourth-order valence-electron chi connectivity index (χ4n) is 1.92. The monoisotopic (exact) mass is 363 g/mol. The van der Waals surface area contributed by atoms with Crippen molar-refractivity contribution in [3.8, 4) is 0 Å². The zero-order chi connectivity index (χ0) is 17.8. The first kappa shape index (κ1) is 19.4. The first-order valence-electron chi connectivity index (χ1n) is 6.71. The van der Waals surface area contributed by atoms with Gasteiger partial charge >= 0.3 is 11.9 Å². The Bertz CT molecular complexity index is 701. The van der Waals surface area contributed by atoms with Gasteiger partial charge in [-0.2, -0.15) is 4.72 Å². The average molecular weight is 364 g/mol. The van der Waals surface area contributed by atoms with Crippen LogP contribution in [0.5, 0.6) is 0 Å². The Kier molecular flexibility index (Phi) is 6.55. The minimum absolute atomic E-state index is 0.0433. The predicted octanol–water partition coefficient (Wildman–Crippen LogP) is 1.90. The van der Waals surface area contributed by atoms with Crippen molar-refractivity contribution in [3.63, 3.8) is 0 Å². The maximum Gasteiger partial charge on any atom is 0.339 e. The van der Waals surface area contributed by atoms with Crippen LogP contribution in [0.15, 0.2) is 23.1 Å². The third kappa shape index (κ3) is 5.19. The van der Waals surface area contributed by atoms with Gasteiger partial charge in [-0.3, -0.25) is 4.79 Å². The second-order valence-electron chi connectivity index (χ2n) is 5.27. The van der Waals surface area contributed by atoms with E-state index in [-0.39, 0.29) is 22.9 Å². The van der Waals surface area contributed by atoms with Gasteiger partial charge in [-0.1, -0.05) is 25.4 Å². The van der Waals surface area contributed by atoms with Crippen LogP contribution >= 0.6 is 11.6 Å². The largest absolute Gasteiger partial charge is 0.480 e. The highest BCUT2D eigenvalue weighted by Crippen LogP contribution is 2.22. The van der Waals surface area contributed by atoms with Crippen LogP contribution in [-0.2, 0) is 19.6 Å². The molecule has 0 heterocycles. The number of methoxy groups -OCH3 is 1. The van der Waals surface area contributed by atoms with Gasteiger partial charge in [0.2, 0.25) is 10.0 Å². The molecule has 0 amide bonds. The third-order valence-corrected chi connectivity index (χ3v) is 4.69. The summed E-state index contributed by atoms with van der Waals surface area (Å²) < 4.78 is 31.6. The summed E-state index contributed by atoms with van der Waals surface area (Å²) in [6.07, 6.45) is 0.0999. The van der Waals surface area contributed by atoms with Crippen molar-refractivity contribution in [1.29, 1.82) is 0 Å². The van der Waals surface area contributed by atoms with Gasteiger partial charge in [-0.05, 0) is 30.5 Å². The van der Waals surface area contributed by atoms with Gasteiger partial charge in [0.15, 0.2) is 0 Å². The van der Waals surface area contributed by atoms with E-state index in [1.165, 1.54) is 12.1 Å². The Morgan fingerprint density at radius 1 is 1.35 bits per heavy atom. The van der Waals surface area contributed by atoms with Crippen molar-refractivity contribution >= 4 is 33.6 Å². The van der Waals surface area contributed by atoms with E-state index in [1.807, 2.05) is 0 Å². The summed E-state index contributed by atoms with van der Waals surface area (Å²) in [6.45, 7) is 3.53. The average Bonchev–Trinajstić information content (AvgIpc) is 2.44. The zero-order valence-electron chi connectivity index (χ0n) is 12.9. The molecule has 0 saturated heterocycles. The number of carbonyl (C=O) groups is 2. The van der Waals surface area contributed by atoms with Crippen LogP contribution in [0.25, 0.3) is 0 Å². The van der Waals surface area contributed by atoms with Gasteiger partial charge in [0.25, 0.3) is 0 Å². The second kappa shape index (κ2) is 7.76. The van der Waals surface area contributed by atoms with Crippen molar-refractivity contribution in [1.82, 2.24) is 4.72 Å². The molecule has 0 bridgehead atoms. The number of carboxylic acid groups (broad SMARTS) is 1. The Morgan fingerprint density at radius 2 is 1.96 bits per heavy atom. The van der Waals surface area contributed by atoms with Crippen LogP contribution in [0.1, 0.15) is 30.6 Å². The highest BCUT2D eigenvalue weighted by molar-refractivity contribution is 7.89. The fraction of sp³-hybridized carbons (Fsp3) is 0.429. The van der Waals surface area contributed by atoms with Gasteiger partial charge in [-0.25, -0.2) is 13.2 Å². The Morgan fingerprint density at radius 3 is 2.43 bits per heavy atom. The minimum Gasteiger partial charge on any atom is -0.480 e. The number of rotatable bonds is 7. The molecule has 0 aliphatic carbocycles. The van der Waals surface area contributed by atoms with Crippen LogP contribution in [0.3, 0.4) is 0 Å². The number of ether oxygens (including phenoxy) is 1. The molecule has 0 aliphatic heterocycles. The Balaban J connectivity index is 3.29. The number of carboxylic acids is 1. The van der Waals surface area contributed by atoms with Crippen LogP contribution in [0.4, 0.5) is 0 Å². The Labute approximate surface area is 139 Å². The van der Waals surface area contributed by atoms with E-state index in [9.17, 15) is 18.0 Å². The molecule has 1 aromatic carbocycles. The molecular weight excluding hydrogens is 346 g/mol. The molecule has 0 aliphatic rings. The molecule has 1 aromatic rings. The summed E-state index contributed by atoms with van der Waals surface area (Å²) in [6, 6.07) is 2.31. The van der Waals surface area contributed by atoms with Gasteiger partial charge in [0, 0.05) is 5.02 Å². The molecule has 0 saturated carbocycles. The van der Waals surface area contributed by atoms with E-state index in [0.29, 0.717) is 0 Å². The highest BCUT2D eigenvalue weighted by Gasteiger charge is 2.29. The molecule has 1 atom stereocenters. The number of carbonyl (C=O) groups excluding carboxylic acids is 1. The number of nitrogens with one attached hydrogen (secondary N) is 1. The summed E-state index contributed by atoms with van der Waals surface area (Å²) in [5.74, 6) is -2.21. The quantitative estimate of drug-likeness (QED) is 0.716. The minimum atomic E-state index is -4.27. The lowest BCUT2D eigenvalue weighted by Crippen LogP contribution is -2.42. The summed E-state index contributed by atoms with van der Waals surface area (Å²) in [5, 5.41) is 9.26. The predicted molar refractivity (Wildman–Crippen MR) is 84.0 cm³/mol. The number of sulfonamides is 1. The normalized spacial score (nSPS) is 12.9. The van der Waals surface area contributed by atoms with Gasteiger partial charge in [0.1, 0.15) is 6.04 Å². The lowest BCUT2D eigenvalue weighted by atomic mass is 10.1. The van der Waals surface area contributed by atoms with Crippen molar-refractivity contribution < 1.29 is 27.9 Å². The van der Waals surface area contributed by atoms with Crippen molar-refractivity contribution in [2.45, 2.75) is 31.2 Å². The fourth-order valence-corrected chi connectivity index (χ4v) is 3.58. The second-order valence-corrected chi connectivity index (χ2v) is 7.39. The molecule has 0 unspecified atom stereocenters. The molecule has 7 nitrogen and oxygen atoms in total. The Hall–Kier alpha value is -1.64. The molecule has 1 rings (SSSR count). The van der Waals surface area contributed by atoms with E-state index < -0.39 is 32.9 Å². The zero-order valence-corrected chi connectivity index (χ0v) is 14.4. The molecule has 23 heavy (non-hydrogen) atoms. The first-order valence-corrected chi connectivity index (χ1v) is 8.57. The maximum atomic E-state index is 12.5. The molecule has 0 spiro atoms. The molecule has 2 N–H and O–H groups in total. The van der Waals surface area contributed by atoms with Crippen LogP contribution in [0.2, 0.25) is 5.02 Å². The van der Waals surface area contributed by atoms with Crippen molar-refractivity contribution in [2.75, 3.05) is 7.11 Å². The summed E-state index contributed by atoms with van der Waals surface area (Å²) in [4.78, 5) is 22.5. The lowest BCUT2D eigenvalue weighted by Gasteiger charge is -2.17. The maximum absolute atomic E-state index is 12.5. The molecule has 128 valence electrons. The van der Waals surface area contributed by atoms with Gasteiger partial charge in [0.05, 0.1) is 17.6 Å². The number of hydrogen-bond acceptors (Lipinski definition) is 5. The van der Waals surface area contributed by atoms with E-state index in [2.05, 4.69) is 9.46 Å². The summed E-state index contributed by atoms with van der Waals surface area (Å²) >= 11 is 5.79. The van der Waals surface area contributed by atoms with E-state index >= 15 is 0 Å². The third-order valence-electron chi connectivity index (χ3n) is 2.94. The van der Waals surface area contributed by atoms with Crippen LogP contribution in [0, 0.1) is 5.92 Å². The molecule has 0 radical (unpaired) electrons. The summed E-state index contributed by atoms with van der Waals surface area (Å²) in [7, 11) is -3.16. The van der Waals surface area contributed by atoms with E-state index in [1.54, 1.807) is 13.8 Å². The lowest BCUT2D eigenvalue weighted by molar-refractivity contribution is -0.139. The first-order chi connectivity index (χ1) is 10.6. The van der Waals surface area contributed by atoms with Gasteiger partial charge < -0.3 is 9.84 Å². The number of halogens is 1.